The lowest BCUT2D eigenvalue weighted by atomic mass is 10.2. The third kappa shape index (κ3) is 3.35. The van der Waals surface area contributed by atoms with Crippen LogP contribution in [0.25, 0.3) is 11.4 Å². The Balaban J connectivity index is 1.66. The summed E-state index contributed by atoms with van der Waals surface area (Å²) in [4.78, 5) is 20.6. The monoisotopic (exact) mass is 289 g/mol. The first-order valence-electron chi connectivity index (χ1n) is 7.02. The summed E-state index contributed by atoms with van der Waals surface area (Å²) >= 11 is 0. The lowest BCUT2D eigenvalue weighted by molar-refractivity contribution is 0.0950. The molecule has 0 bridgehead atoms. The van der Waals surface area contributed by atoms with E-state index in [0.29, 0.717) is 17.9 Å². The van der Waals surface area contributed by atoms with Crippen molar-refractivity contribution in [1.29, 1.82) is 0 Å². The first kappa shape index (κ1) is 13.9. The zero-order valence-electron chi connectivity index (χ0n) is 11.9. The Bertz CT molecular complexity index is 740. The minimum atomic E-state index is -0.177. The van der Waals surface area contributed by atoms with Gasteiger partial charge >= 0.3 is 0 Å². The average molecular weight is 289 g/mol. The molecule has 0 aliphatic carbocycles. The molecule has 1 aromatic heterocycles. The molecule has 3 aromatic rings. The SMILES string of the molecule is O=C(NCc1ccccc1)c1cnc(-c2ccccc2)nc1. The van der Waals surface area contributed by atoms with Gasteiger partial charge in [-0.15, -0.1) is 0 Å². The number of amides is 1. The second-order valence-corrected chi connectivity index (χ2v) is 4.83. The van der Waals surface area contributed by atoms with E-state index in [1.54, 1.807) is 12.4 Å². The van der Waals surface area contributed by atoms with E-state index in [1.807, 2.05) is 60.7 Å². The molecule has 0 aliphatic heterocycles. The van der Waals surface area contributed by atoms with Crippen LogP contribution in [0.3, 0.4) is 0 Å². The van der Waals surface area contributed by atoms with Crippen LogP contribution in [-0.2, 0) is 6.54 Å². The maximum atomic E-state index is 12.1. The molecule has 22 heavy (non-hydrogen) atoms. The van der Waals surface area contributed by atoms with E-state index < -0.39 is 0 Å². The molecule has 0 saturated heterocycles. The van der Waals surface area contributed by atoms with E-state index in [-0.39, 0.29) is 5.91 Å². The summed E-state index contributed by atoms with van der Waals surface area (Å²) in [5.74, 6) is 0.434. The highest BCUT2D eigenvalue weighted by Crippen LogP contribution is 2.13. The molecule has 3 rings (SSSR count). The van der Waals surface area contributed by atoms with Crippen molar-refractivity contribution in [3.8, 4) is 11.4 Å². The minimum absolute atomic E-state index is 0.177. The Labute approximate surface area is 128 Å². The lowest BCUT2D eigenvalue weighted by Gasteiger charge is -2.05. The van der Waals surface area contributed by atoms with E-state index in [9.17, 15) is 4.79 Å². The van der Waals surface area contributed by atoms with E-state index in [4.69, 9.17) is 0 Å². The van der Waals surface area contributed by atoms with Gasteiger partial charge < -0.3 is 5.32 Å². The molecule has 0 saturated carbocycles. The van der Waals surface area contributed by atoms with Crippen molar-refractivity contribution in [3.63, 3.8) is 0 Å². The van der Waals surface area contributed by atoms with E-state index in [1.165, 1.54) is 0 Å². The number of hydrogen-bond acceptors (Lipinski definition) is 3. The summed E-state index contributed by atoms with van der Waals surface area (Å²) in [6.07, 6.45) is 3.10. The second kappa shape index (κ2) is 6.63. The minimum Gasteiger partial charge on any atom is -0.348 e. The van der Waals surface area contributed by atoms with E-state index in [2.05, 4.69) is 15.3 Å². The molecule has 1 heterocycles. The maximum Gasteiger partial charge on any atom is 0.254 e. The molecule has 108 valence electrons. The third-order valence-corrected chi connectivity index (χ3v) is 3.24. The summed E-state index contributed by atoms with van der Waals surface area (Å²) in [6, 6.07) is 19.4. The van der Waals surface area contributed by atoms with Gasteiger partial charge in [0.15, 0.2) is 5.82 Å². The topological polar surface area (TPSA) is 54.9 Å². The maximum absolute atomic E-state index is 12.1. The van der Waals surface area contributed by atoms with Crippen LogP contribution in [0.15, 0.2) is 73.1 Å². The van der Waals surface area contributed by atoms with Crippen LogP contribution < -0.4 is 5.32 Å². The molecule has 0 aliphatic rings. The largest absolute Gasteiger partial charge is 0.348 e. The van der Waals surface area contributed by atoms with Crippen LogP contribution in [-0.4, -0.2) is 15.9 Å². The fourth-order valence-corrected chi connectivity index (χ4v) is 2.06. The molecule has 1 N–H and O–H groups in total. The van der Waals surface area contributed by atoms with Crippen molar-refractivity contribution >= 4 is 5.91 Å². The van der Waals surface area contributed by atoms with Gasteiger partial charge in [-0.2, -0.15) is 0 Å². The van der Waals surface area contributed by atoms with Crippen LogP contribution >= 0.6 is 0 Å². The highest BCUT2D eigenvalue weighted by atomic mass is 16.1. The quantitative estimate of drug-likeness (QED) is 0.803. The summed E-state index contributed by atoms with van der Waals surface area (Å²) in [6.45, 7) is 0.486. The van der Waals surface area contributed by atoms with Gasteiger partial charge in [-0.05, 0) is 5.56 Å². The second-order valence-electron chi connectivity index (χ2n) is 4.83. The Morgan fingerprint density at radius 1 is 0.864 bits per heavy atom. The Morgan fingerprint density at radius 2 is 1.45 bits per heavy atom. The van der Waals surface area contributed by atoms with Crippen molar-refractivity contribution in [2.75, 3.05) is 0 Å². The van der Waals surface area contributed by atoms with Crippen LogP contribution in [0.1, 0.15) is 15.9 Å². The average Bonchev–Trinajstić information content (AvgIpc) is 2.61. The normalized spacial score (nSPS) is 10.2. The van der Waals surface area contributed by atoms with Gasteiger partial charge in [-0.1, -0.05) is 60.7 Å². The Morgan fingerprint density at radius 3 is 2.09 bits per heavy atom. The Kier molecular flexibility index (Phi) is 4.20. The molecule has 0 radical (unpaired) electrons. The zero-order chi connectivity index (χ0) is 15.2. The molecule has 1 amide bonds. The third-order valence-electron chi connectivity index (χ3n) is 3.24. The van der Waals surface area contributed by atoms with Crippen molar-refractivity contribution < 1.29 is 4.79 Å². The van der Waals surface area contributed by atoms with Crippen LogP contribution in [0.5, 0.6) is 0 Å². The van der Waals surface area contributed by atoms with Crippen molar-refractivity contribution in [3.05, 3.63) is 84.2 Å². The van der Waals surface area contributed by atoms with Gasteiger partial charge in [-0.25, -0.2) is 9.97 Å². The van der Waals surface area contributed by atoms with Gasteiger partial charge in [0.2, 0.25) is 0 Å². The highest BCUT2D eigenvalue weighted by Gasteiger charge is 2.07. The molecule has 4 heteroatoms. The smallest absolute Gasteiger partial charge is 0.254 e. The number of benzene rings is 2. The fraction of sp³-hybridized carbons (Fsp3) is 0.0556. The van der Waals surface area contributed by atoms with Gasteiger partial charge in [-0.3, -0.25) is 4.79 Å². The van der Waals surface area contributed by atoms with Crippen molar-refractivity contribution in [2.24, 2.45) is 0 Å². The predicted octanol–water partition coefficient (Wildman–Crippen LogP) is 3.07. The van der Waals surface area contributed by atoms with Gasteiger partial charge in [0.1, 0.15) is 0 Å². The van der Waals surface area contributed by atoms with Crippen molar-refractivity contribution in [2.45, 2.75) is 6.54 Å². The number of hydrogen-bond donors (Lipinski definition) is 1. The predicted molar refractivity (Wildman–Crippen MR) is 85.1 cm³/mol. The summed E-state index contributed by atoms with van der Waals surface area (Å²) in [7, 11) is 0. The number of aromatic nitrogens is 2. The molecule has 4 nitrogen and oxygen atoms in total. The Hall–Kier alpha value is -3.01. The van der Waals surface area contributed by atoms with E-state index >= 15 is 0 Å². The van der Waals surface area contributed by atoms with Gasteiger partial charge in [0, 0.05) is 24.5 Å². The number of nitrogens with zero attached hydrogens (tertiary/aromatic N) is 2. The lowest BCUT2D eigenvalue weighted by Crippen LogP contribution is -2.23. The molecule has 0 atom stereocenters. The molecule has 0 unspecified atom stereocenters. The van der Waals surface area contributed by atoms with Crippen molar-refractivity contribution in [1.82, 2.24) is 15.3 Å². The van der Waals surface area contributed by atoms with Crippen LogP contribution in [0, 0.1) is 0 Å². The fourth-order valence-electron chi connectivity index (χ4n) is 2.06. The van der Waals surface area contributed by atoms with Gasteiger partial charge in [0.25, 0.3) is 5.91 Å². The zero-order valence-corrected chi connectivity index (χ0v) is 11.9. The summed E-state index contributed by atoms with van der Waals surface area (Å²) in [5.41, 5.74) is 2.44. The van der Waals surface area contributed by atoms with Crippen LogP contribution in [0.2, 0.25) is 0 Å². The molecule has 0 fully saturated rings. The first-order valence-corrected chi connectivity index (χ1v) is 7.02. The number of nitrogens with one attached hydrogen (secondary N) is 1. The number of rotatable bonds is 4. The molecule has 0 spiro atoms. The molecule has 2 aromatic carbocycles. The van der Waals surface area contributed by atoms with E-state index in [0.717, 1.165) is 11.1 Å². The van der Waals surface area contributed by atoms with Crippen LogP contribution in [0.4, 0.5) is 0 Å². The number of carbonyl (C=O) groups excluding carboxylic acids is 1. The summed E-state index contributed by atoms with van der Waals surface area (Å²) in [5, 5.41) is 2.86. The van der Waals surface area contributed by atoms with Gasteiger partial charge in [0.05, 0.1) is 5.56 Å². The standard InChI is InChI=1S/C18H15N3O/c22-18(21-11-14-7-3-1-4-8-14)16-12-19-17(20-13-16)15-9-5-2-6-10-15/h1-10,12-13H,11H2,(H,21,22). The first-order chi connectivity index (χ1) is 10.8. The number of carbonyl (C=O) groups is 1. The molecular weight excluding hydrogens is 274 g/mol. The molecular formula is C18H15N3O. The highest BCUT2D eigenvalue weighted by molar-refractivity contribution is 5.93. The summed E-state index contributed by atoms with van der Waals surface area (Å²) < 4.78 is 0.